The molecule has 0 aliphatic rings. The van der Waals surface area contributed by atoms with Gasteiger partial charge in [0.25, 0.3) is 0 Å². The molecule has 20 heavy (non-hydrogen) atoms. The monoisotopic (exact) mass is 277 g/mol. The number of likely N-dealkylation sites (N-methyl/N-ethyl adjacent to an activating group) is 1. The van der Waals surface area contributed by atoms with Gasteiger partial charge in [-0.2, -0.15) is 4.98 Å². The Hall–Kier alpha value is -1.75. The SMILES string of the molecule is CCCC(Cc1nc(Cc2ccccc2F)no1)NC. The Morgan fingerprint density at radius 3 is 2.85 bits per heavy atom. The van der Waals surface area contributed by atoms with E-state index in [1.165, 1.54) is 6.07 Å². The van der Waals surface area contributed by atoms with Gasteiger partial charge in [-0.05, 0) is 25.1 Å². The van der Waals surface area contributed by atoms with Crippen molar-refractivity contribution in [3.05, 3.63) is 47.4 Å². The van der Waals surface area contributed by atoms with Crippen molar-refractivity contribution in [3.8, 4) is 0 Å². The van der Waals surface area contributed by atoms with E-state index in [1.807, 2.05) is 7.05 Å². The van der Waals surface area contributed by atoms with Gasteiger partial charge in [-0.25, -0.2) is 4.39 Å². The average Bonchev–Trinajstić information content (AvgIpc) is 2.88. The second kappa shape index (κ2) is 7.14. The zero-order valence-electron chi connectivity index (χ0n) is 11.9. The quantitative estimate of drug-likeness (QED) is 0.845. The maximum Gasteiger partial charge on any atom is 0.228 e. The summed E-state index contributed by atoms with van der Waals surface area (Å²) in [5, 5.41) is 7.15. The summed E-state index contributed by atoms with van der Waals surface area (Å²) in [6.45, 7) is 2.14. The summed E-state index contributed by atoms with van der Waals surface area (Å²) < 4.78 is 18.8. The number of hydrogen-bond acceptors (Lipinski definition) is 4. The van der Waals surface area contributed by atoms with Gasteiger partial charge >= 0.3 is 0 Å². The van der Waals surface area contributed by atoms with Crippen LogP contribution in [0.15, 0.2) is 28.8 Å². The molecule has 0 saturated heterocycles. The minimum Gasteiger partial charge on any atom is -0.339 e. The fourth-order valence-electron chi connectivity index (χ4n) is 2.16. The second-order valence-corrected chi connectivity index (χ2v) is 4.85. The third-order valence-corrected chi connectivity index (χ3v) is 3.28. The molecule has 1 atom stereocenters. The Bertz CT molecular complexity index is 541. The first-order chi connectivity index (χ1) is 9.72. The summed E-state index contributed by atoms with van der Waals surface area (Å²) in [7, 11) is 1.93. The predicted molar refractivity (Wildman–Crippen MR) is 75.0 cm³/mol. The van der Waals surface area contributed by atoms with Crippen molar-refractivity contribution < 1.29 is 8.91 Å². The Morgan fingerprint density at radius 1 is 1.35 bits per heavy atom. The molecule has 1 heterocycles. The van der Waals surface area contributed by atoms with Crippen molar-refractivity contribution in [1.82, 2.24) is 15.5 Å². The van der Waals surface area contributed by atoms with E-state index in [2.05, 4.69) is 22.4 Å². The minimum absolute atomic E-state index is 0.238. The summed E-state index contributed by atoms with van der Waals surface area (Å²) >= 11 is 0. The first-order valence-electron chi connectivity index (χ1n) is 6.95. The largest absolute Gasteiger partial charge is 0.339 e. The fraction of sp³-hybridized carbons (Fsp3) is 0.467. The van der Waals surface area contributed by atoms with E-state index < -0.39 is 0 Å². The van der Waals surface area contributed by atoms with Crippen molar-refractivity contribution in [2.45, 2.75) is 38.6 Å². The molecule has 2 rings (SSSR count). The summed E-state index contributed by atoms with van der Waals surface area (Å²) in [4.78, 5) is 4.33. The van der Waals surface area contributed by atoms with Crippen LogP contribution in [0, 0.1) is 5.82 Å². The van der Waals surface area contributed by atoms with Crippen LogP contribution in [0.1, 0.15) is 37.0 Å². The standard InChI is InChI=1S/C15H20FN3O/c1-3-6-12(17-2)10-15-18-14(19-20-15)9-11-7-4-5-8-13(11)16/h4-5,7-8,12,17H,3,6,9-10H2,1-2H3. The highest BCUT2D eigenvalue weighted by molar-refractivity contribution is 5.20. The van der Waals surface area contributed by atoms with Crippen LogP contribution in [0.4, 0.5) is 4.39 Å². The average molecular weight is 277 g/mol. The summed E-state index contributed by atoms with van der Waals surface area (Å²) in [5.41, 5.74) is 0.582. The molecule has 0 fully saturated rings. The first-order valence-corrected chi connectivity index (χ1v) is 6.95. The van der Waals surface area contributed by atoms with Crippen LogP contribution < -0.4 is 5.32 Å². The van der Waals surface area contributed by atoms with Gasteiger partial charge in [0.2, 0.25) is 5.89 Å². The van der Waals surface area contributed by atoms with E-state index in [0.29, 0.717) is 36.2 Å². The van der Waals surface area contributed by atoms with Crippen LogP contribution in [0.2, 0.25) is 0 Å². The molecule has 108 valence electrons. The third-order valence-electron chi connectivity index (χ3n) is 3.28. The van der Waals surface area contributed by atoms with Gasteiger partial charge < -0.3 is 9.84 Å². The number of hydrogen-bond donors (Lipinski definition) is 1. The smallest absolute Gasteiger partial charge is 0.228 e. The van der Waals surface area contributed by atoms with Crippen molar-refractivity contribution in [2.24, 2.45) is 0 Å². The van der Waals surface area contributed by atoms with Crippen molar-refractivity contribution in [1.29, 1.82) is 0 Å². The van der Waals surface area contributed by atoms with Gasteiger partial charge in [-0.15, -0.1) is 0 Å². The maximum absolute atomic E-state index is 13.6. The number of nitrogens with one attached hydrogen (secondary N) is 1. The van der Waals surface area contributed by atoms with Gasteiger partial charge in [0.05, 0.1) is 0 Å². The number of halogens is 1. The maximum atomic E-state index is 13.6. The molecule has 4 nitrogen and oxygen atoms in total. The molecule has 0 spiro atoms. The lowest BCUT2D eigenvalue weighted by atomic mass is 10.1. The molecule has 2 aromatic rings. The van der Waals surface area contributed by atoms with E-state index in [9.17, 15) is 4.39 Å². The number of rotatable bonds is 7. The molecule has 1 N–H and O–H groups in total. The predicted octanol–water partition coefficient (Wildman–Crippen LogP) is 2.73. The number of aromatic nitrogens is 2. The molecular weight excluding hydrogens is 257 g/mol. The van der Waals surface area contributed by atoms with Gasteiger partial charge in [-0.1, -0.05) is 36.7 Å². The van der Waals surface area contributed by atoms with Crippen LogP contribution in [0.3, 0.4) is 0 Å². The van der Waals surface area contributed by atoms with Gasteiger partial charge in [0.15, 0.2) is 5.82 Å². The summed E-state index contributed by atoms with van der Waals surface area (Å²) in [6.07, 6.45) is 3.21. The van der Waals surface area contributed by atoms with Crippen LogP contribution in [0.25, 0.3) is 0 Å². The Morgan fingerprint density at radius 2 is 2.15 bits per heavy atom. The van der Waals surface area contributed by atoms with Crippen LogP contribution in [0.5, 0.6) is 0 Å². The van der Waals surface area contributed by atoms with Crippen molar-refractivity contribution >= 4 is 0 Å². The van der Waals surface area contributed by atoms with E-state index in [4.69, 9.17) is 4.52 Å². The normalized spacial score (nSPS) is 12.6. The van der Waals surface area contributed by atoms with E-state index >= 15 is 0 Å². The topological polar surface area (TPSA) is 51.0 Å². The highest BCUT2D eigenvalue weighted by atomic mass is 19.1. The molecule has 0 bridgehead atoms. The lowest BCUT2D eigenvalue weighted by Gasteiger charge is -2.11. The zero-order chi connectivity index (χ0) is 14.4. The third kappa shape index (κ3) is 3.87. The van der Waals surface area contributed by atoms with Gasteiger partial charge in [0.1, 0.15) is 5.82 Å². The number of nitrogens with zero attached hydrogens (tertiary/aromatic N) is 2. The molecule has 0 saturated carbocycles. The highest BCUT2D eigenvalue weighted by Crippen LogP contribution is 2.12. The van der Waals surface area contributed by atoms with Crippen LogP contribution in [-0.4, -0.2) is 23.2 Å². The fourth-order valence-corrected chi connectivity index (χ4v) is 2.16. The second-order valence-electron chi connectivity index (χ2n) is 4.85. The molecule has 0 amide bonds. The molecule has 1 unspecified atom stereocenters. The highest BCUT2D eigenvalue weighted by Gasteiger charge is 2.13. The van der Waals surface area contributed by atoms with Gasteiger partial charge in [0, 0.05) is 18.9 Å². The Balaban J connectivity index is 2.00. The van der Waals surface area contributed by atoms with E-state index in [0.717, 1.165) is 12.8 Å². The Kier molecular flexibility index (Phi) is 5.24. The molecule has 0 aliphatic carbocycles. The lowest BCUT2D eigenvalue weighted by molar-refractivity contribution is 0.352. The summed E-state index contributed by atoms with van der Waals surface area (Å²) in [6, 6.07) is 6.98. The van der Waals surface area contributed by atoms with Crippen LogP contribution in [-0.2, 0) is 12.8 Å². The van der Waals surface area contributed by atoms with E-state index in [-0.39, 0.29) is 5.82 Å². The number of benzene rings is 1. The molecule has 5 heteroatoms. The molecule has 1 aromatic carbocycles. The van der Waals surface area contributed by atoms with E-state index in [1.54, 1.807) is 18.2 Å². The lowest BCUT2D eigenvalue weighted by Crippen LogP contribution is -2.27. The Labute approximate surface area is 118 Å². The zero-order valence-corrected chi connectivity index (χ0v) is 11.9. The van der Waals surface area contributed by atoms with Crippen LogP contribution >= 0.6 is 0 Å². The molecule has 0 aliphatic heterocycles. The van der Waals surface area contributed by atoms with Gasteiger partial charge in [-0.3, -0.25) is 0 Å². The molecular formula is C15H20FN3O. The first kappa shape index (κ1) is 14.7. The summed E-state index contributed by atoms with van der Waals surface area (Å²) in [5.74, 6) is 0.888. The molecule has 1 aromatic heterocycles. The minimum atomic E-state index is -0.238. The molecule has 0 radical (unpaired) electrons. The van der Waals surface area contributed by atoms with Crippen molar-refractivity contribution in [3.63, 3.8) is 0 Å². The van der Waals surface area contributed by atoms with Crippen molar-refractivity contribution in [2.75, 3.05) is 7.05 Å².